The molecule has 2 aromatic rings. The molecule has 1 fully saturated rings. The monoisotopic (exact) mass is 382 g/mol. The van der Waals surface area contributed by atoms with Gasteiger partial charge in [0.1, 0.15) is 11.9 Å². The SMILES string of the molecule is C[C@H](C(=O)NC1CCCC1)N(Cc1ccc(F)cc1)C(=O)Cc1ccccc1. The molecule has 28 heavy (non-hydrogen) atoms. The second-order valence-corrected chi connectivity index (χ2v) is 7.48. The molecule has 0 aromatic heterocycles. The van der Waals surface area contributed by atoms with E-state index in [1.807, 2.05) is 30.3 Å². The lowest BCUT2D eigenvalue weighted by Crippen LogP contribution is -2.50. The molecule has 2 aromatic carbocycles. The normalized spacial score (nSPS) is 15.2. The molecule has 0 saturated heterocycles. The Kier molecular flexibility index (Phi) is 6.80. The predicted molar refractivity (Wildman–Crippen MR) is 107 cm³/mol. The molecular weight excluding hydrogens is 355 g/mol. The van der Waals surface area contributed by atoms with Crippen LogP contribution in [-0.2, 0) is 22.6 Å². The van der Waals surface area contributed by atoms with Crippen molar-refractivity contribution in [3.63, 3.8) is 0 Å². The third kappa shape index (κ3) is 5.41. The van der Waals surface area contributed by atoms with E-state index in [-0.39, 0.29) is 36.6 Å². The number of nitrogens with zero attached hydrogens (tertiary/aromatic N) is 1. The molecule has 1 N–H and O–H groups in total. The highest BCUT2D eigenvalue weighted by Gasteiger charge is 2.28. The quantitative estimate of drug-likeness (QED) is 0.791. The summed E-state index contributed by atoms with van der Waals surface area (Å²) in [7, 11) is 0. The maximum atomic E-state index is 13.2. The fraction of sp³-hybridized carbons (Fsp3) is 0.391. The molecule has 0 heterocycles. The van der Waals surface area contributed by atoms with Gasteiger partial charge >= 0.3 is 0 Å². The van der Waals surface area contributed by atoms with E-state index in [4.69, 9.17) is 0 Å². The molecule has 0 unspecified atom stereocenters. The Morgan fingerprint density at radius 2 is 1.68 bits per heavy atom. The molecule has 2 amide bonds. The Hall–Kier alpha value is -2.69. The van der Waals surface area contributed by atoms with Crippen molar-refractivity contribution in [2.24, 2.45) is 0 Å². The molecule has 1 aliphatic carbocycles. The fourth-order valence-corrected chi connectivity index (χ4v) is 3.63. The predicted octanol–water partition coefficient (Wildman–Crippen LogP) is 3.84. The lowest BCUT2D eigenvalue weighted by Gasteiger charge is -2.30. The van der Waals surface area contributed by atoms with Crippen molar-refractivity contribution in [2.45, 2.75) is 57.7 Å². The molecule has 148 valence electrons. The van der Waals surface area contributed by atoms with Gasteiger partial charge in [-0.05, 0) is 43.0 Å². The van der Waals surface area contributed by atoms with E-state index in [2.05, 4.69) is 5.32 Å². The lowest BCUT2D eigenvalue weighted by atomic mass is 10.1. The highest BCUT2D eigenvalue weighted by Crippen LogP contribution is 2.19. The number of hydrogen-bond donors (Lipinski definition) is 1. The maximum Gasteiger partial charge on any atom is 0.242 e. The lowest BCUT2D eigenvalue weighted by molar-refractivity contribution is -0.140. The van der Waals surface area contributed by atoms with Crippen LogP contribution in [0.4, 0.5) is 4.39 Å². The van der Waals surface area contributed by atoms with Crippen LogP contribution in [0.25, 0.3) is 0 Å². The average molecular weight is 382 g/mol. The summed E-state index contributed by atoms with van der Waals surface area (Å²) >= 11 is 0. The van der Waals surface area contributed by atoms with Gasteiger partial charge in [-0.25, -0.2) is 4.39 Å². The first-order valence-electron chi connectivity index (χ1n) is 9.91. The number of nitrogens with one attached hydrogen (secondary N) is 1. The van der Waals surface area contributed by atoms with E-state index in [1.165, 1.54) is 12.1 Å². The summed E-state index contributed by atoms with van der Waals surface area (Å²) in [5.41, 5.74) is 1.70. The van der Waals surface area contributed by atoms with Crippen LogP contribution in [0.1, 0.15) is 43.7 Å². The standard InChI is InChI=1S/C23H27FN2O2/c1-17(23(28)25-21-9-5-6-10-21)26(16-19-11-13-20(24)14-12-19)22(27)15-18-7-3-2-4-8-18/h2-4,7-8,11-14,17,21H,5-6,9-10,15-16H2,1H3,(H,25,28)/t17-/m1/s1. The molecule has 0 aliphatic heterocycles. The van der Waals surface area contributed by atoms with Crippen LogP contribution >= 0.6 is 0 Å². The first kappa shape index (κ1) is 20.1. The third-order valence-corrected chi connectivity index (χ3v) is 5.33. The average Bonchev–Trinajstić information content (AvgIpc) is 3.20. The van der Waals surface area contributed by atoms with Crippen molar-refractivity contribution in [1.82, 2.24) is 10.2 Å². The molecule has 0 spiro atoms. The van der Waals surface area contributed by atoms with Gasteiger partial charge in [0.2, 0.25) is 11.8 Å². The Balaban J connectivity index is 1.74. The Morgan fingerprint density at radius 3 is 2.32 bits per heavy atom. The van der Waals surface area contributed by atoms with Crippen LogP contribution in [0.15, 0.2) is 54.6 Å². The Labute approximate surface area is 165 Å². The highest BCUT2D eigenvalue weighted by atomic mass is 19.1. The molecule has 1 aliphatic rings. The Bertz CT molecular complexity index is 786. The summed E-state index contributed by atoms with van der Waals surface area (Å²) < 4.78 is 13.2. The van der Waals surface area contributed by atoms with Crippen molar-refractivity contribution in [3.05, 3.63) is 71.5 Å². The molecule has 0 radical (unpaired) electrons. The molecular formula is C23H27FN2O2. The van der Waals surface area contributed by atoms with Crippen molar-refractivity contribution in [2.75, 3.05) is 0 Å². The van der Waals surface area contributed by atoms with Crippen LogP contribution in [0.3, 0.4) is 0 Å². The highest BCUT2D eigenvalue weighted by molar-refractivity contribution is 5.88. The second kappa shape index (κ2) is 9.49. The van der Waals surface area contributed by atoms with Gasteiger partial charge in [-0.1, -0.05) is 55.3 Å². The van der Waals surface area contributed by atoms with Crippen LogP contribution in [0.5, 0.6) is 0 Å². The van der Waals surface area contributed by atoms with E-state index in [9.17, 15) is 14.0 Å². The van der Waals surface area contributed by atoms with Crippen LogP contribution < -0.4 is 5.32 Å². The largest absolute Gasteiger partial charge is 0.352 e. The number of carbonyl (C=O) groups is 2. The first-order chi connectivity index (χ1) is 13.5. The van der Waals surface area contributed by atoms with E-state index in [1.54, 1.807) is 24.0 Å². The molecule has 3 rings (SSSR count). The van der Waals surface area contributed by atoms with Gasteiger partial charge in [0.05, 0.1) is 6.42 Å². The summed E-state index contributed by atoms with van der Waals surface area (Å²) in [6.45, 7) is 2.03. The minimum Gasteiger partial charge on any atom is -0.352 e. The number of rotatable bonds is 7. The number of amides is 2. The van der Waals surface area contributed by atoms with Gasteiger partial charge in [-0.2, -0.15) is 0 Å². The number of benzene rings is 2. The molecule has 1 atom stereocenters. The van der Waals surface area contributed by atoms with Gasteiger partial charge in [-0.15, -0.1) is 0 Å². The number of halogens is 1. The summed E-state index contributed by atoms with van der Waals surface area (Å²) in [5, 5.41) is 3.08. The van der Waals surface area contributed by atoms with Gasteiger partial charge in [0.15, 0.2) is 0 Å². The zero-order chi connectivity index (χ0) is 19.9. The van der Waals surface area contributed by atoms with Crippen molar-refractivity contribution in [1.29, 1.82) is 0 Å². The van der Waals surface area contributed by atoms with Gasteiger partial charge in [0.25, 0.3) is 0 Å². The van der Waals surface area contributed by atoms with Crippen LogP contribution in [-0.4, -0.2) is 28.8 Å². The summed E-state index contributed by atoms with van der Waals surface area (Å²) in [5.74, 6) is -0.571. The van der Waals surface area contributed by atoms with Crippen molar-refractivity contribution < 1.29 is 14.0 Å². The van der Waals surface area contributed by atoms with Crippen LogP contribution in [0.2, 0.25) is 0 Å². The maximum absolute atomic E-state index is 13.2. The van der Waals surface area contributed by atoms with Gasteiger partial charge < -0.3 is 10.2 Å². The zero-order valence-electron chi connectivity index (χ0n) is 16.2. The van der Waals surface area contributed by atoms with Crippen LogP contribution in [0, 0.1) is 5.82 Å². The van der Waals surface area contributed by atoms with E-state index in [0.717, 1.165) is 36.8 Å². The van der Waals surface area contributed by atoms with Gasteiger partial charge in [0, 0.05) is 12.6 Å². The fourth-order valence-electron chi connectivity index (χ4n) is 3.63. The van der Waals surface area contributed by atoms with E-state index in [0.29, 0.717) is 0 Å². The smallest absolute Gasteiger partial charge is 0.242 e. The zero-order valence-corrected chi connectivity index (χ0v) is 16.2. The van der Waals surface area contributed by atoms with Crippen molar-refractivity contribution >= 4 is 11.8 Å². The topological polar surface area (TPSA) is 49.4 Å². The molecule has 0 bridgehead atoms. The van der Waals surface area contributed by atoms with Gasteiger partial charge in [-0.3, -0.25) is 9.59 Å². The molecule has 4 nitrogen and oxygen atoms in total. The minimum atomic E-state index is -0.595. The summed E-state index contributed by atoms with van der Waals surface area (Å²) in [6.07, 6.45) is 4.48. The molecule has 1 saturated carbocycles. The van der Waals surface area contributed by atoms with E-state index < -0.39 is 6.04 Å². The third-order valence-electron chi connectivity index (χ3n) is 5.33. The Morgan fingerprint density at radius 1 is 1.04 bits per heavy atom. The first-order valence-corrected chi connectivity index (χ1v) is 9.91. The molecule has 5 heteroatoms. The number of hydrogen-bond acceptors (Lipinski definition) is 2. The summed E-state index contributed by atoms with van der Waals surface area (Å²) in [6, 6.07) is 15.1. The van der Waals surface area contributed by atoms with Crippen molar-refractivity contribution in [3.8, 4) is 0 Å². The second-order valence-electron chi connectivity index (χ2n) is 7.48. The van der Waals surface area contributed by atoms with E-state index >= 15 is 0 Å². The summed E-state index contributed by atoms with van der Waals surface area (Å²) in [4.78, 5) is 27.4. The minimum absolute atomic E-state index is 0.121. The number of carbonyl (C=O) groups excluding carboxylic acids is 2.